The Morgan fingerprint density at radius 3 is 2.60 bits per heavy atom. The van der Waals surface area contributed by atoms with Gasteiger partial charge in [0.1, 0.15) is 11.9 Å². The molecule has 0 spiro atoms. The molecule has 2 fully saturated rings. The summed E-state index contributed by atoms with van der Waals surface area (Å²) in [4.78, 5) is 0. The molecular weight excluding hydrogens is 375 g/mol. The van der Waals surface area contributed by atoms with E-state index in [1.165, 1.54) is 5.56 Å². The van der Waals surface area contributed by atoms with Crippen LogP contribution < -0.4 is 0 Å². The maximum atomic E-state index is 16.0. The van der Waals surface area contributed by atoms with E-state index in [-0.39, 0.29) is 40.9 Å². The Bertz CT molecular complexity index is 912. The van der Waals surface area contributed by atoms with Gasteiger partial charge in [0.2, 0.25) is 0 Å². The highest BCUT2D eigenvalue weighted by molar-refractivity contribution is 5.44. The van der Waals surface area contributed by atoms with E-state index in [2.05, 4.69) is 38.1 Å². The van der Waals surface area contributed by atoms with Gasteiger partial charge in [0, 0.05) is 5.92 Å². The van der Waals surface area contributed by atoms with Gasteiger partial charge in [-0.3, -0.25) is 0 Å². The summed E-state index contributed by atoms with van der Waals surface area (Å²) in [5.74, 6) is 1.03. The zero-order chi connectivity index (χ0) is 21.0. The number of fused-ring (bicyclic) bond motifs is 5. The fourth-order valence-corrected chi connectivity index (χ4v) is 7.64. The van der Waals surface area contributed by atoms with Gasteiger partial charge in [-0.05, 0) is 83.6 Å². The van der Waals surface area contributed by atoms with Crippen molar-refractivity contribution in [3.8, 4) is 5.75 Å². The second kappa shape index (κ2) is 7.37. The van der Waals surface area contributed by atoms with E-state index in [0.29, 0.717) is 12.3 Å². The fourth-order valence-electron chi connectivity index (χ4n) is 7.64. The number of rotatable bonds is 3. The fraction of sp³-hybridized carbons (Fsp3) is 0.556. The lowest BCUT2D eigenvalue weighted by atomic mass is 9.50. The molecule has 0 heterocycles. The monoisotopic (exact) mass is 408 g/mol. The second-order valence-electron chi connectivity index (χ2n) is 10.3. The van der Waals surface area contributed by atoms with Crippen LogP contribution in [0.1, 0.15) is 68.1 Å². The normalized spacial score (nSPS) is 39.8. The summed E-state index contributed by atoms with van der Waals surface area (Å²) in [6.45, 7) is 4.42. The van der Waals surface area contributed by atoms with E-state index in [1.807, 2.05) is 18.2 Å². The van der Waals surface area contributed by atoms with Gasteiger partial charge in [-0.15, -0.1) is 0 Å². The first-order chi connectivity index (χ1) is 14.4. The average Bonchev–Trinajstić information content (AvgIpc) is 2.97. The quantitative estimate of drug-likeness (QED) is 0.656. The van der Waals surface area contributed by atoms with Crippen LogP contribution in [-0.2, 0) is 6.42 Å². The third-order valence-corrected chi connectivity index (χ3v) is 8.56. The van der Waals surface area contributed by atoms with Crippen LogP contribution in [0.3, 0.4) is 0 Å². The minimum atomic E-state index is -0.918. The number of phenolic OH excluding ortho intramolecular Hbond substituents is 1. The van der Waals surface area contributed by atoms with E-state index in [1.54, 1.807) is 6.07 Å². The Kier molecular flexibility index (Phi) is 4.93. The van der Waals surface area contributed by atoms with Gasteiger partial charge >= 0.3 is 0 Å². The average molecular weight is 409 g/mol. The second-order valence-corrected chi connectivity index (χ2v) is 10.3. The maximum absolute atomic E-state index is 16.0. The number of phenols is 1. The SMILES string of the molecule is CCC[C@@H]1[C@H]2[C@H]3[C@@H](c4ccc(O)cc4C[C@H]3c3ccccc3)[C@@H](F)C[C@]2(C)C[C@H]1O. The highest BCUT2D eigenvalue weighted by Crippen LogP contribution is 2.66. The van der Waals surface area contributed by atoms with Gasteiger partial charge in [-0.25, -0.2) is 4.39 Å². The number of aliphatic hydroxyl groups excluding tert-OH is 1. The topological polar surface area (TPSA) is 40.5 Å². The van der Waals surface area contributed by atoms with Crippen molar-refractivity contribution in [2.45, 2.75) is 70.1 Å². The summed E-state index contributed by atoms with van der Waals surface area (Å²) in [7, 11) is 0. The molecule has 3 aliphatic rings. The molecule has 2 nitrogen and oxygen atoms in total. The van der Waals surface area contributed by atoms with Gasteiger partial charge in [-0.1, -0.05) is 56.7 Å². The zero-order valence-corrected chi connectivity index (χ0v) is 18.0. The molecule has 8 atom stereocenters. The lowest BCUT2D eigenvalue weighted by Crippen LogP contribution is -2.50. The van der Waals surface area contributed by atoms with Crippen LogP contribution in [0.2, 0.25) is 0 Å². The van der Waals surface area contributed by atoms with Crippen LogP contribution in [0.4, 0.5) is 4.39 Å². The van der Waals surface area contributed by atoms with Crippen molar-refractivity contribution < 1.29 is 14.6 Å². The van der Waals surface area contributed by atoms with Crippen LogP contribution in [0.25, 0.3) is 0 Å². The van der Waals surface area contributed by atoms with Crippen molar-refractivity contribution in [1.29, 1.82) is 0 Å². The number of halogens is 1. The first-order valence-corrected chi connectivity index (χ1v) is 11.6. The van der Waals surface area contributed by atoms with E-state index in [4.69, 9.17) is 0 Å². The summed E-state index contributed by atoms with van der Waals surface area (Å²) in [6, 6.07) is 16.0. The van der Waals surface area contributed by atoms with Gasteiger partial charge < -0.3 is 10.2 Å². The smallest absolute Gasteiger partial charge is 0.115 e. The van der Waals surface area contributed by atoms with E-state index >= 15 is 4.39 Å². The summed E-state index contributed by atoms with van der Waals surface area (Å²) >= 11 is 0. The summed E-state index contributed by atoms with van der Waals surface area (Å²) < 4.78 is 16.0. The van der Waals surface area contributed by atoms with Gasteiger partial charge in [0.25, 0.3) is 0 Å². The first-order valence-electron chi connectivity index (χ1n) is 11.6. The first kappa shape index (κ1) is 20.1. The largest absolute Gasteiger partial charge is 0.508 e. The van der Waals surface area contributed by atoms with E-state index in [0.717, 1.165) is 36.8 Å². The molecule has 0 radical (unpaired) electrons. The van der Waals surface area contributed by atoms with Crippen molar-refractivity contribution >= 4 is 0 Å². The van der Waals surface area contributed by atoms with Gasteiger partial charge in [0.15, 0.2) is 0 Å². The van der Waals surface area contributed by atoms with Crippen molar-refractivity contribution in [2.75, 3.05) is 0 Å². The molecule has 0 aliphatic heterocycles. The van der Waals surface area contributed by atoms with Crippen molar-refractivity contribution in [1.82, 2.24) is 0 Å². The Hall–Kier alpha value is -1.87. The molecule has 0 amide bonds. The van der Waals surface area contributed by atoms with Crippen LogP contribution >= 0.6 is 0 Å². The van der Waals surface area contributed by atoms with Crippen LogP contribution in [0.5, 0.6) is 5.75 Å². The maximum Gasteiger partial charge on any atom is 0.115 e. The Balaban J connectivity index is 1.69. The van der Waals surface area contributed by atoms with E-state index in [9.17, 15) is 10.2 Å². The highest BCUT2D eigenvalue weighted by Gasteiger charge is 2.62. The van der Waals surface area contributed by atoms with Gasteiger partial charge in [0.05, 0.1) is 6.10 Å². The number of aromatic hydroxyl groups is 1. The predicted octanol–water partition coefficient (Wildman–Crippen LogP) is 5.98. The molecule has 160 valence electrons. The van der Waals surface area contributed by atoms with Crippen LogP contribution in [-0.4, -0.2) is 22.5 Å². The number of hydrogen-bond donors (Lipinski definition) is 2. The standard InChI is InChI=1S/C27H33FO2/c1-3-7-20-23(30)15-27(2)14-22(28)24-19-11-10-18(29)12-17(19)13-21(25(24)26(20)27)16-8-5-4-6-9-16/h4-6,8-12,20-26,29-30H,3,7,13-15H2,1-2H3/t20-,21-,22-,23+,24-,25+,26-,27+/m0/s1. The molecule has 3 aliphatic carbocycles. The van der Waals surface area contributed by atoms with Crippen molar-refractivity contribution in [2.24, 2.45) is 23.2 Å². The van der Waals surface area contributed by atoms with Gasteiger partial charge in [-0.2, -0.15) is 0 Å². The zero-order valence-electron chi connectivity index (χ0n) is 18.0. The molecular formula is C27H33FO2. The highest BCUT2D eigenvalue weighted by atomic mass is 19.1. The lowest BCUT2D eigenvalue weighted by Gasteiger charge is -2.55. The summed E-state index contributed by atoms with van der Waals surface area (Å²) in [6.07, 6.45) is 2.87. The third kappa shape index (κ3) is 3.00. The molecule has 0 saturated heterocycles. The number of alkyl halides is 1. The molecule has 2 saturated carbocycles. The van der Waals surface area contributed by atoms with Crippen molar-refractivity contribution in [3.63, 3.8) is 0 Å². The molecule has 0 unspecified atom stereocenters. The third-order valence-electron chi connectivity index (χ3n) is 8.56. The van der Waals surface area contributed by atoms with Crippen LogP contribution in [0, 0.1) is 23.2 Å². The molecule has 2 aromatic carbocycles. The minimum absolute atomic E-state index is 0.151. The Morgan fingerprint density at radius 2 is 1.87 bits per heavy atom. The number of hydrogen-bond acceptors (Lipinski definition) is 2. The molecule has 0 aromatic heterocycles. The molecule has 5 rings (SSSR count). The summed E-state index contributed by atoms with van der Waals surface area (Å²) in [5, 5.41) is 21.1. The van der Waals surface area contributed by atoms with Crippen LogP contribution in [0.15, 0.2) is 48.5 Å². The predicted molar refractivity (Wildman–Crippen MR) is 117 cm³/mol. The summed E-state index contributed by atoms with van der Waals surface area (Å²) in [5.41, 5.74) is 3.27. The Morgan fingerprint density at radius 1 is 1.10 bits per heavy atom. The number of aliphatic hydroxyl groups is 1. The van der Waals surface area contributed by atoms with Crippen molar-refractivity contribution in [3.05, 3.63) is 65.2 Å². The molecule has 2 aromatic rings. The van der Waals surface area contributed by atoms with E-state index < -0.39 is 6.17 Å². The molecule has 3 heteroatoms. The lowest BCUT2D eigenvalue weighted by molar-refractivity contribution is -0.0285. The molecule has 0 bridgehead atoms. The minimum Gasteiger partial charge on any atom is -0.508 e. The number of benzene rings is 2. The Labute approximate surface area is 179 Å². The molecule has 30 heavy (non-hydrogen) atoms. The molecule has 2 N–H and O–H groups in total.